The van der Waals surface area contributed by atoms with E-state index in [9.17, 15) is 4.79 Å². The van der Waals surface area contributed by atoms with E-state index in [0.29, 0.717) is 0 Å². The van der Waals surface area contributed by atoms with Crippen LogP contribution < -0.4 is 5.32 Å². The summed E-state index contributed by atoms with van der Waals surface area (Å²) in [4.78, 5) is 10.6. The highest BCUT2D eigenvalue weighted by Crippen LogP contribution is 2.15. The third-order valence-electron chi connectivity index (χ3n) is 2.01. The normalized spacial score (nSPS) is 11.1. The van der Waals surface area contributed by atoms with Crippen molar-refractivity contribution in [1.29, 1.82) is 0 Å². The maximum atomic E-state index is 10.6. The third kappa shape index (κ3) is 3.25. The number of carboxylic acids is 1. The van der Waals surface area contributed by atoms with Gasteiger partial charge in [-0.1, -0.05) is 0 Å². The van der Waals surface area contributed by atoms with Crippen LogP contribution in [0.5, 0.6) is 0 Å². The zero-order chi connectivity index (χ0) is 11.5. The molecular weight excluding hydrogens is 194 g/mol. The second-order valence-electron chi connectivity index (χ2n) is 4.05. The zero-order valence-electron chi connectivity index (χ0n) is 8.82. The molecule has 0 bridgehead atoms. The lowest BCUT2D eigenvalue weighted by Crippen LogP contribution is -2.34. The molecule has 1 aromatic rings. The van der Waals surface area contributed by atoms with Gasteiger partial charge in [-0.3, -0.25) is 0 Å². The van der Waals surface area contributed by atoms with Crippen LogP contribution in [0.1, 0.15) is 24.2 Å². The highest BCUT2D eigenvalue weighted by Gasteiger charge is 2.15. The molecule has 4 nitrogen and oxygen atoms in total. The summed E-state index contributed by atoms with van der Waals surface area (Å²) in [5, 5.41) is 20.8. The number of aromatic carboxylic acids is 1. The largest absolute Gasteiger partial charge is 0.478 e. The van der Waals surface area contributed by atoms with Crippen molar-refractivity contribution in [3.05, 3.63) is 29.8 Å². The number of carboxylic acid groups (broad SMARTS) is 1. The van der Waals surface area contributed by atoms with Gasteiger partial charge in [0.25, 0.3) is 0 Å². The molecule has 0 amide bonds. The van der Waals surface area contributed by atoms with E-state index in [1.807, 2.05) is 13.8 Å². The Kier molecular flexibility index (Phi) is 3.31. The number of rotatable bonds is 4. The molecular formula is C11H15NO3. The minimum Gasteiger partial charge on any atom is -0.478 e. The predicted octanol–water partition coefficient (Wildman–Crippen LogP) is 1.57. The van der Waals surface area contributed by atoms with Crippen LogP contribution in [0.2, 0.25) is 0 Å². The van der Waals surface area contributed by atoms with Crippen LogP contribution in [0.25, 0.3) is 0 Å². The monoisotopic (exact) mass is 209 g/mol. The van der Waals surface area contributed by atoms with Crippen LogP contribution >= 0.6 is 0 Å². The fourth-order valence-electron chi connectivity index (χ4n) is 1.13. The predicted molar refractivity (Wildman–Crippen MR) is 58.2 cm³/mol. The lowest BCUT2D eigenvalue weighted by molar-refractivity contribution is 0.0697. The molecule has 0 unspecified atom stereocenters. The molecule has 82 valence electrons. The van der Waals surface area contributed by atoms with Crippen molar-refractivity contribution in [2.24, 2.45) is 0 Å². The zero-order valence-corrected chi connectivity index (χ0v) is 8.82. The number of aliphatic hydroxyl groups excluding tert-OH is 1. The van der Waals surface area contributed by atoms with Gasteiger partial charge < -0.3 is 15.5 Å². The van der Waals surface area contributed by atoms with E-state index in [0.717, 1.165) is 5.69 Å². The number of anilines is 1. The third-order valence-corrected chi connectivity index (χ3v) is 2.01. The van der Waals surface area contributed by atoms with Gasteiger partial charge in [0.15, 0.2) is 0 Å². The molecule has 0 spiro atoms. The van der Waals surface area contributed by atoms with Gasteiger partial charge in [0.1, 0.15) is 0 Å². The Hall–Kier alpha value is -1.55. The van der Waals surface area contributed by atoms with Crippen molar-refractivity contribution in [1.82, 2.24) is 0 Å². The maximum absolute atomic E-state index is 10.6. The molecule has 0 radical (unpaired) electrons. The Morgan fingerprint density at radius 1 is 1.33 bits per heavy atom. The Labute approximate surface area is 88.6 Å². The van der Waals surface area contributed by atoms with Crippen LogP contribution in [0, 0.1) is 0 Å². The quantitative estimate of drug-likeness (QED) is 0.704. The van der Waals surface area contributed by atoms with Crippen molar-refractivity contribution in [2.75, 3.05) is 11.9 Å². The number of hydrogen-bond acceptors (Lipinski definition) is 3. The molecule has 0 aromatic heterocycles. The van der Waals surface area contributed by atoms with Gasteiger partial charge in [-0.25, -0.2) is 4.79 Å². The highest BCUT2D eigenvalue weighted by molar-refractivity contribution is 5.88. The molecule has 1 aromatic carbocycles. The first-order chi connectivity index (χ1) is 6.94. The van der Waals surface area contributed by atoms with Crippen molar-refractivity contribution < 1.29 is 15.0 Å². The van der Waals surface area contributed by atoms with Gasteiger partial charge in [-0.15, -0.1) is 0 Å². The summed E-state index contributed by atoms with van der Waals surface area (Å²) >= 11 is 0. The van der Waals surface area contributed by atoms with Crippen LogP contribution in [0.4, 0.5) is 5.69 Å². The second-order valence-corrected chi connectivity index (χ2v) is 4.05. The van der Waals surface area contributed by atoms with Crippen molar-refractivity contribution in [2.45, 2.75) is 19.4 Å². The molecule has 0 saturated heterocycles. The molecule has 1 rings (SSSR count). The first-order valence-electron chi connectivity index (χ1n) is 4.67. The average molecular weight is 209 g/mol. The van der Waals surface area contributed by atoms with Crippen molar-refractivity contribution in [3.8, 4) is 0 Å². The summed E-state index contributed by atoms with van der Waals surface area (Å²) in [5.41, 5.74) is 0.631. The lowest BCUT2D eigenvalue weighted by atomic mass is 10.1. The second kappa shape index (κ2) is 4.31. The fraction of sp³-hybridized carbons (Fsp3) is 0.364. The standard InChI is InChI=1S/C11H15NO3/c1-11(2,7-13)12-9-5-3-8(4-6-9)10(14)15/h3-6,12-13H,7H2,1-2H3,(H,14,15). The van der Waals surface area contributed by atoms with Gasteiger partial charge in [0.05, 0.1) is 17.7 Å². The molecule has 0 saturated carbocycles. The minimum atomic E-state index is -0.942. The molecule has 0 heterocycles. The minimum absolute atomic E-state index is 0.00762. The molecule has 0 atom stereocenters. The summed E-state index contributed by atoms with van der Waals surface area (Å²) in [6, 6.07) is 6.41. The van der Waals surface area contributed by atoms with Crippen LogP contribution in [0.15, 0.2) is 24.3 Å². The highest BCUT2D eigenvalue weighted by atomic mass is 16.4. The lowest BCUT2D eigenvalue weighted by Gasteiger charge is -2.24. The number of aliphatic hydroxyl groups is 1. The van der Waals surface area contributed by atoms with Crippen molar-refractivity contribution >= 4 is 11.7 Å². The number of benzene rings is 1. The van der Waals surface area contributed by atoms with Gasteiger partial charge in [-0.2, -0.15) is 0 Å². The summed E-state index contributed by atoms with van der Waals surface area (Å²) in [7, 11) is 0. The molecule has 0 fully saturated rings. The summed E-state index contributed by atoms with van der Waals surface area (Å²) in [5.74, 6) is -0.942. The first-order valence-corrected chi connectivity index (χ1v) is 4.67. The Morgan fingerprint density at radius 2 is 1.87 bits per heavy atom. The average Bonchev–Trinajstić information content (AvgIpc) is 2.18. The summed E-state index contributed by atoms with van der Waals surface area (Å²) in [6.07, 6.45) is 0. The molecule has 0 aliphatic rings. The Bertz CT molecular complexity index is 343. The van der Waals surface area contributed by atoms with E-state index in [2.05, 4.69) is 5.32 Å². The molecule has 15 heavy (non-hydrogen) atoms. The van der Waals surface area contributed by atoms with E-state index in [-0.39, 0.29) is 12.2 Å². The van der Waals surface area contributed by atoms with E-state index >= 15 is 0 Å². The Morgan fingerprint density at radius 3 is 2.27 bits per heavy atom. The van der Waals surface area contributed by atoms with Gasteiger partial charge in [0, 0.05) is 5.69 Å². The number of hydrogen-bond donors (Lipinski definition) is 3. The fourth-order valence-corrected chi connectivity index (χ4v) is 1.13. The van der Waals surface area contributed by atoms with E-state index in [1.54, 1.807) is 12.1 Å². The number of carbonyl (C=O) groups is 1. The molecule has 0 aliphatic heterocycles. The van der Waals surface area contributed by atoms with Crippen LogP contribution in [0.3, 0.4) is 0 Å². The molecule has 0 aliphatic carbocycles. The summed E-state index contributed by atoms with van der Waals surface area (Å²) < 4.78 is 0. The van der Waals surface area contributed by atoms with E-state index < -0.39 is 11.5 Å². The van der Waals surface area contributed by atoms with Crippen molar-refractivity contribution in [3.63, 3.8) is 0 Å². The SMILES string of the molecule is CC(C)(CO)Nc1ccc(C(=O)O)cc1. The van der Waals surface area contributed by atoms with Crippen LogP contribution in [-0.2, 0) is 0 Å². The van der Waals surface area contributed by atoms with Gasteiger partial charge >= 0.3 is 5.97 Å². The maximum Gasteiger partial charge on any atom is 0.335 e. The van der Waals surface area contributed by atoms with Gasteiger partial charge in [0.2, 0.25) is 0 Å². The Balaban J connectivity index is 2.77. The number of nitrogens with one attached hydrogen (secondary N) is 1. The topological polar surface area (TPSA) is 69.6 Å². The summed E-state index contributed by atoms with van der Waals surface area (Å²) in [6.45, 7) is 3.73. The van der Waals surface area contributed by atoms with Gasteiger partial charge in [-0.05, 0) is 38.1 Å². The van der Waals surface area contributed by atoms with E-state index in [4.69, 9.17) is 10.2 Å². The first kappa shape index (κ1) is 11.5. The molecule has 3 N–H and O–H groups in total. The molecule has 4 heteroatoms. The smallest absolute Gasteiger partial charge is 0.335 e. The van der Waals surface area contributed by atoms with E-state index in [1.165, 1.54) is 12.1 Å². The van der Waals surface area contributed by atoms with Crippen LogP contribution in [-0.4, -0.2) is 28.3 Å².